The van der Waals surface area contributed by atoms with Crippen molar-refractivity contribution in [3.8, 4) is 5.75 Å². The minimum Gasteiger partial charge on any atom is -0.435 e. The highest BCUT2D eigenvalue weighted by Gasteiger charge is 2.15. The van der Waals surface area contributed by atoms with Crippen LogP contribution in [0.2, 0.25) is 0 Å². The van der Waals surface area contributed by atoms with Crippen LogP contribution in [-0.2, 0) is 6.54 Å². The molecule has 1 N–H and O–H groups in total. The molecule has 0 aliphatic heterocycles. The lowest BCUT2D eigenvalue weighted by Crippen LogP contribution is -2.09. The van der Waals surface area contributed by atoms with Gasteiger partial charge in [0, 0.05) is 12.7 Å². The van der Waals surface area contributed by atoms with Gasteiger partial charge in [0.05, 0.1) is 5.69 Å². The summed E-state index contributed by atoms with van der Waals surface area (Å²) in [5, 5.41) is 14.3. The van der Waals surface area contributed by atoms with Crippen LogP contribution in [0.4, 0.5) is 8.78 Å². The number of aliphatic hydroxyl groups excluding tert-OH is 1. The van der Waals surface area contributed by atoms with Gasteiger partial charge in [0.1, 0.15) is 11.9 Å². The van der Waals surface area contributed by atoms with Gasteiger partial charge in [-0.3, -0.25) is 4.68 Å². The van der Waals surface area contributed by atoms with Crippen LogP contribution in [-0.4, -0.2) is 21.5 Å². The monoisotopic (exact) mass is 268 g/mol. The first kappa shape index (κ1) is 13.5. The van der Waals surface area contributed by atoms with E-state index in [1.165, 1.54) is 12.1 Å². The summed E-state index contributed by atoms with van der Waals surface area (Å²) in [5.74, 6) is 0.0648. The molecule has 0 aliphatic carbocycles. The predicted molar refractivity (Wildman–Crippen MR) is 65.0 cm³/mol. The van der Waals surface area contributed by atoms with E-state index in [4.69, 9.17) is 0 Å². The maximum atomic E-state index is 12.0. The molecule has 0 saturated carbocycles. The number of rotatable bonds is 5. The Kier molecular flexibility index (Phi) is 4.11. The van der Waals surface area contributed by atoms with E-state index in [-0.39, 0.29) is 5.75 Å². The van der Waals surface area contributed by atoms with Gasteiger partial charge in [0.15, 0.2) is 0 Å². The van der Waals surface area contributed by atoms with Gasteiger partial charge in [0.25, 0.3) is 0 Å². The first-order valence-electron chi connectivity index (χ1n) is 5.86. The van der Waals surface area contributed by atoms with E-state index in [0.717, 1.165) is 0 Å². The van der Waals surface area contributed by atoms with Crippen molar-refractivity contribution in [1.29, 1.82) is 0 Å². The summed E-state index contributed by atoms with van der Waals surface area (Å²) >= 11 is 0. The maximum absolute atomic E-state index is 12.0. The molecule has 19 heavy (non-hydrogen) atoms. The second-order valence-electron chi connectivity index (χ2n) is 3.92. The van der Waals surface area contributed by atoms with E-state index in [0.29, 0.717) is 17.8 Å². The van der Waals surface area contributed by atoms with Crippen LogP contribution in [0.1, 0.15) is 24.3 Å². The number of nitrogens with zero attached hydrogens (tertiary/aromatic N) is 2. The summed E-state index contributed by atoms with van der Waals surface area (Å²) in [6.45, 7) is -0.285. The van der Waals surface area contributed by atoms with Gasteiger partial charge < -0.3 is 9.84 Å². The smallest absolute Gasteiger partial charge is 0.387 e. The second kappa shape index (κ2) is 5.79. The number of aryl methyl sites for hydroxylation is 1. The number of benzene rings is 1. The molecule has 1 atom stereocenters. The first-order chi connectivity index (χ1) is 9.11. The third-order valence-corrected chi connectivity index (χ3v) is 2.75. The van der Waals surface area contributed by atoms with Gasteiger partial charge in [-0.1, -0.05) is 12.1 Å². The topological polar surface area (TPSA) is 47.3 Å². The van der Waals surface area contributed by atoms with Crippen LogP contribution in [0.15, 0.2) is 36.5 Å². The standard InChI is InChI=1S/C13H14F2N2O2/c1-2-17-11(7-8-16-17)12(18)9-3-5-10(6-4-9)19-13(14)15/h3-8,12-13,18H,2H2,1H3. The molecular formula is C13H14F2N2O2. The quantitative estimate of drug-likeness (QED) is 0.906. The minimum atomic E-state index is -2.85. The number of alkyl halides is 2. The van der Waals surface area contributed by atoms with E-state index in [2.05, 4.69) is 9.84 Å². The summed E-state index contributed by atoms with van der Waals surface area (Å²) < 4.78 is 30.0. The zero-order chi connectivity index (χ0) is 13.8. The third-order valence-electron chi connectivity index (χ3n) is 2.75. The van der Waals surface area contributed by atoms with Gasteiger partial charge in [-0.15, -0.1) is 0 Å². The maximum Gasteiger partial charge on any atom is 0.387 e. The molecule has 1 heterocycles. The average Bonchev–Trinajstić information content (AvgIpc) is 2.86. The molecule has 0 radical (unpaired) electrons. The molecule has 1 aromatic heterocycles. The van der Waals surface area contributed by atoms with Crippen LogP contribution in [0.25, 0.3) is 0 Å². The predicted octanol–water partition coefficient (Wildman–Crippen LogP) is 2.59. The second-order valence-corrected chi connectivity index (χ2v) is 3.92. The Morgan fingerprint density at radius 2 is 1.95 bits per heavy atom. The number of hydrogen-bond donors (Lipinski definition) is 1. The molecule has 2 rings (SSSR count). The normalized spacial score (nSPS) is 12.7. The van der Waals surface area contributed by atoms with Crippen molar-refractivity contribution in [3.05, 3.63) is 47.8 Å². The van der Waals surface area contributed by atoms with Crippen molar-refractivity contribution in [2.45, 2.75) is 26.2 Å². The summed E-state index contributed by atoms with van der Waals surface area (Å²) in [4.78, 5) is 0. The average molecular weight is 268 g/mol. The molecule has 4 nitrogen and oxygen atoms in total. The lowest BCUT2D eigenvalue weighted by atomic mass is 10.1. The summed E-state index contributed by atoms with van der Waals surface area (Å²) in [7, 11) is 0. The zero-order valence-electron chi connectivity index (χ0n) is 10.3. The molecule has 6 heteroatoms. The molecule has 1 unspecified atom stereocenters. The molecule has 0 saturated heterocycles. The zero-order valence-corrected chi connectivity index (χ0v) is 10.3. The highest BCUT2D eigenvalue weighted by atomic mass is 19.3. The molecule has 102 valence electrons. The number of ether oxygens (including phenoxy) is 1. The first-order valence-corrected chi connectivity index (χ1v) is 5.86. The number of hydrogen-bond acceptors (Lipinski definition) is 3. The lowest BCUT2D eigenvalue weighted by molar-refractivity contribution is -0.0498. The van der Waals surface area contributed by atoms with Crippen molar-refractivity contribution in [3.63, 3.8) is 0 Å². The molecule has 1 aromatic carbocycles. The van der Waals surface area contributed by atoms with Crippen LogP contribution < -0.4 is 4.74 Å². The number of aliphatic hydroxyl groups is 1. The number of halogens is 2. The van der Waals surface area contributed by atoms with E-state index in [1.54, 1.807) is 29.1 Å². The third kappa shape index (κ3) is 3.08. The van der Waals surface area contributed by atoms with Gasteiger partial charge in [0.2, 0.25) is 0 Å². The van der Waals surface area contributed by atoms with Crippen molar-refractivity contribution in [2.75, 3.05) is 0 Å². The highest BCUT2D eigenvalue weighted by Crippen LogP contribution is 2.24. The van der Waals surface area contributed by atoms with Crippen LogP contribution >= 0.6 is 0 Å². The summed E-state index contributed by atoms with van der Waals surface area (Å²) in [6, 6.07) is 7.62. The SMILES string of the molecule is CCn1nccc1C(O)c1ccc(OC(F)F)cc1. The fourth-order valence-electron chi connectivity index (χ4n) is 1.84. The van der Waals surface area contributed by atoms with Crippen molar-refractivity contribution in [1.82, 2.24) is 9.78 Å². The molecule has 2 aromatic rings. The molecular weight excluding hydrogens is 254 g/mol. The molecule has 0 aliphatic rings. The van der Waals surface area contributed by atoms with Gasteiger partial charge in [-0.25, -0.2) is 0 Å². The van der Waals surface area contributed by atoms with Crippen molar-refractivity contribution >= 4 is 0 Å². The minimum absolute atomic E-state index is 0.0648. The summed E-state index contributed by atoms with van der Waals surface area (Å²) in [5.41, 5.74) is 1.25. The van der Waals surface area contributed by atoms with Gasteiger partial charge in [-0.2, -0.15) is 13.9 Å². The molecule has 0 bridgehead atoms. The number of aromatic nitrogens is 2. The Balaban J connectivity index is 2.18. The molecule has 0 spiro atoms. The molecule has 0 amide bonds. The van der Waals surface area contributed by atoms with E-state index in [1.807, 2.05) is 6.92 Å². The van der Waals surface area contributed by atoms with Crippen molar-refractivity contribution < 1.29 is 18.6 Å². The highest BCUT2D eigenvalue weighted by molar-refractivity contribution is 5.32. The van der Waals surface area contributed by atoms with Gasteiger partial charge >= 0.3 is 6.61 Å². The Bertz CT molecular complexity index is 526. The lowest BCUT2D eigenvalue weighted by Gasteiger charge is -2.13. The van der Waals surface area contributed by atoms with Crippen LogP contribution in [0.3, 0.4) is 0 Å². The van der Waals surface area contributed by atoms with E-state index < -0.39 is 12.7 Å². The van der Waals surface area contributed by atoms with E-state index in [9.17, 15) is 13.9 Å². The Labute approximate surface area is 109 Å². The fraction of sp³-hybridized carbons (Fsp3) is 0.308. The Morgan fingerprint density at radius 3 is 2.53 bits per heavy atom. The van der Waals surface area contributed by atoms with Crippen molar-refractivity contribution in [2.24, 2.45) is 0 Å². The van der Waals surface area contributed by atoms with Gasteiger partial charge in [-0.05, 0) is 30.7 Å². The summed E-state index contributed by atoms with van der Waals surface area (Å²) in [6.07, 6.45) is 0.763. The van der Waals surface area contributed by atoms with Crippen LogP contribution in [0.5, 0.6) is 5.75 Å². The largest absolute Gasteiger partial charge is 0.435 e. The molecule has 0 fully saturated rings. The Morgan fingerprint density at radius 1 is 1.26 bits per heavy atom. The Hall–Kier alpha value is -1.95. The van der Waals surface area contributed by atoms with E-state index >= 15 is 0 Å². The van der Waals surface area contributed by atoms with Crippen LogP contribution in [0, 0.1) is 0 Å². The fourth-order valence-corrected chi connectivity index (χ4v) is 1.84.